The van der Waals surface area contributed by atoms with Gasteiger partial charge in [0.1, 0.15) is 5.60 Å². The molecule has 0 fully saturated rings. The number of amides is 2. The van der Waals surface area contributed by atoms with Crippen LogP contribution in [0.4, 0.5) is 4.79 Å². The molecule has 0 aliphatic carbocycles. The molecular weight excluding hydrogens is 256 g/mol. The van der Waals surface area contributed by atoms with Crippen LogP contribution >= 0.6 is 0 Å². The third kappa shape index (κ3) is 5.56. The Bertz CT molecular complexity index is 478. The van der Waals surface area contributed by atoms with E-state index in [9.17, 15) is 9.59 Å². The second kappa shape index (κ2) is 6.75. The Morgan fingerprint density at radius 1 is 1.30 bits per heavy atom. The smallest absolute Gasteiger partial charge is 0.426 e. The molecule has 0 aromatic heterocycles. The summed E-state index contributed by atoms with van der Waals surface area (Å²) in [5, 5.41) is 1.16. The van der Waals surface area contributed by atoms with Crippen LogP contribution in [0.15, 0.2) is 43.0 Å². The summed E-state index contributed by atoms with van der Waals surface area (Å²) >= 11 is 0. The topological polar surface area (TPSA) is 58.6 Å². The van der Waals surface area contributed by atoms with Crippen LogP contribution in [0.5, 0.6) is 0 Å². The van der Waals surface area contributed by atoms with Crippen molar-refractivity contribution in [2.45, 2.75) is 32.9 Å². The first-order chi connectivity index (χ1) is 9.31. The van der Waals surface area contributed by atoms with Gasteiger partial charge in [0.05, 0.1) is 6.54 Å². The molecule has 5 nitrogen and oxygen atoms in total. The zero-order chi connectivity index (χ0) is 15.2. The normalized spacial score (nSPS) is 10.6. The van der Waals surface area contributed by atoms with Crippen LogP contribution in [0.3, 0.4) is 0 Å². The van der Waals surface area contributed by atoms with Crippen molar-refractivity contribution in [3.8, 4) is 0 Å². The first kappa shape index (κ1) is 15.8. The van der Waals surface area contributed by atoms with E-state index in [1.807, 2.05) is 30.3 Å². The van der Waals surface area contributed by atoms with E-state index in [0.29, 0.717) is 0 Å². The predicted molar refractivity (Wildman–Crippen MR) is 76.6 cm³/mol. The van der Waals surface area contributed by atoms with Gasteiger partial charge in [0.15, 0.2) is 0 Å². The van der Waals surface area contributed by atoms with Gasteiger partial charge in [-0.15, -0.1) is 0 Å². The number of rotatable bonds is 3. The fourth-order valence-corrected chi connectivity index (χ4v) is 1.46. The second-order valence-corrected chi connectivity index (χ2v) is 5.23. The molecule has 1 rings (SSSR count). The minimum absolute atomic E-state index is 0.241. The van der Waals surface area contributed by atoms with E-state index in [0.717, 1.165) is 16.6 Å². The fourth-order valence-electron chi connectivity index (χ4n) is 1.46. The lowest BCUT2D eigenvalue weighted by Crippen LogP contribution is -2.46. The zero-order valence-corrected chi connectivity index (χ0v) is 12.1. The number of carbonyl (C=O) groups is 2. The van der Waals surface area contributed by atoms with Crippen LogP contribution in [0.25, 0.3) is 0 Å². The Balaban J connectivity index is 2.73. The van der Waals surface area contributed by atoms with E-state index in [1.54, 1.807) is 20.8 Å². The Kier molecular flexibility index (Phi) is 5.32. The summed E-state index contributed by atoms with van der Waals surface area (Å²) in [7, 11) is 0. The van der Waals surface area contributed by atoms with Gasteiger partial charge in [-0.3, -0.25) is 4.79 Å². The maximum atomic E-state index is 11.8. The van der Waals surface area contributed by atoms with E-state index in [4.69, 9.17) is 4.74 Å². The van der Waals surface area contributed by atoms with Crippen molar-refractivity contribution in [1.82, 2.24) is 10.4 Å². The van der Waals surface area contributed by atoms with Crippen molar-refractivity contribution in [1.29, 1.82) is 0 Å². The summed E-state index contributed by atoms with van der Waals surface area (Å²) in [6, 6.07) is 9.32. The Labute approximate surface area is 119 Å². The number of carbonyl (C=O) groups excluding carboxylic acids is 2. The van der Waals surface area contributed by atoms with E-state index in [1.165, 1.54) is 0 Å². The third-order valence-electron chi connectivity index (χ3n) is 2.25. The molecule has 20 heavy (non-hydrogen) atoms. The molecular formula is C15H20N2O3. The summed E-state index contributed by atoms with van der Waals surface area (Å²) in [5.74, 6) is -0.403. The van der Waals surface area contributed by atoms with Crippen molar-refractivity contribution >= 4 is 12.0 Å². The summed E-state index contributed by atoms with van der Waals surface area (Å²) in [4.78, 5) is 23.5. The second-order valence-electron chi connectivity index (χ2n) is 5.23. The average Bonchev–Trinajstić information content (AvgIpc) is 2.36. The lowest BCUT2D eigenvalue weighted by Gasteiger charge is -2.25. The van der Waals surface area contributed by atoms with Crippen LogP contribution < -0.4 is 5.43 Å². The van der Waals surface area contributed by atoms with Crippen LogP contribution in [0, 0.1) is 0 Å². The SMILES string of the molecule is C=CC(=O)N(Cc1ccccc1)NC(=O)OC(C)(C)C. The Morgan fingerprint density at radius 2 is 1.90 bits per heavy atom. The Hall–Kier alpha value is -2.30. The molecule has 1 N–H and O–H groups in total. The molecule has 0 unspecified atom stereocenters. The largest absolute Gasteiger partial charge is 0.443 e. The van der Waals surface area contributed by atoms with Crippen molar-refractivity contribution in [2.24, 2.45) is 0 Å². The van der Waals surface area contributed by atoms with Crippen LogP contribution in [0.2, 0.25) is 0 Å². The first-order valence-corrected chi connectivity index (χ1v) is 6.29. The molecule has 2 amide bonds. The Morgan fingerprint density at radius 3 is 2.40 bits per heavy atom. The number of hydrogen-bond acceptors (Lipinski definition) is 3. The number of hydrazine groups is 1. The summed E-state index contributed by atoms with van der Waals surface area (Å²) in [5.41, 5.74) is 2.69. The summed E-state index contributed by atoms with van der Waals surface area (Å²) in [6.07, 6.45) is 0.462. The molecule has 0 aliphatic rings. The van der Waals surface area contributed by atoms with Crippen LogP contribution in [-0.4, -0.2) is 22.6 Å². The third-order valence-corrected chi connectivity index (χ3v) is 2.25. The summed E-state index contributed by atoms with van der Waals surface area (Å²) in [6.45, 7) is 8.92. The van der Waals surface area contributed by atoms with Crippen molar-refractivity contribution in [3.63, 3.8) is 0 Å². The molecule has 0 spiro atoms. The van der Waals surface area contributed by atoms with E-state index in [-0.39, 0.29) is 6.54 Å². The first-order valence-electron chi connectivity index (χ1n) is 6.29. The standard InChI is InChI=1S/C15H20N2O3/c1-5-13(18)17(11-12-9-7-6-8-10-12)16-14(19)20-15(2,3)4/h5-10H,1,11H2,2-4H3,(H,16,19). The molecule has 1 aromatic rings. The lowest BCUT2D eigenvalue weighted by molar-refractivity contribution is -0.129. The zero-order valence-electron chi connectivity index (χ0n) is 12.1. The number of benzene rings is 1. The quantitative estimate of drug-likeness (QED) is 0.682. The van der Waals surface area contributed by atoms with Gasteiger partial charge in [-0.25, -0.2) is 15.2 Å². The lowest BCUT2D eigenvalue weighted by atomic mass is 10.2. The van der Waals surface area contributed by atoms with Crippen molar-refractivity contribution in [2.75, 3.05) is 0 Å². The van der Waals surface area contributed by atoms with Crippen LogP contribution in [0.1, 0.15) is 26.3 Å². The van der Waals surface area contributed by atoms with Crippen molar-refractivity contribution < 1.29 is 14.3 Å². The van der Waals surface area contributed by atoms with Gasteiger partial charge in [0, 0.05) is 0 Å². The average molecular weight is 276 g/mol. The van der Waals surface area contributed by atoms with Gasteiger partial charge >= 0.3 is 6.09 Å². The maximum absolute atomic E-state index is 11.8. The highest BCUT2D eigenvalue weighted by molar-refractivity contribution is 5.88. The molecule has 1 aromatic carbocycles. The van der Waals surface area contributed by atoms with E-state index >= 15 is 0 Å². The van der Waals surface area contributed by atoms with Gasteiger partial charge in [0.25, 0.3) is 5.91 Å². The molecule has 0 saturated heterocycles. The van der Waals surface area contributed by atoms with E-state index in [2.05, 4.69) is 12.0 Å². The maximum Gasteiger partial charge on any atom is 0.426 e. The van der Waals surface area contributed by atoms with Gasteiger partial charge in [-0.2, -0.15) is 0 Å². The molecule has 108 valence electrons. The van der Waals surface area contributed by atoms with Gasteiger partial charge in [-0.05, 0) is 32.4 Å². The molecule has 0 aliphatic heterocycles. The highest BCUT2D eigenvalue weighted by atomic mass is 16.6. The summed E-state index contributed by atoms with van der Waals surface area (Å²) < 4.78 is 5.12. The number of ether oxygens (including phenoxy) is 1. The molecule has 0 bridgehead atoms. The van der Waals surface area contributed by atoms with Gasteiger partial charge < -0.3 is 4.74 Å². The molecule has 0 atom stereocenters. The minimum atomic E-state index is -0.677. The van der Waals surface area contributed by atoms with Gasteiger partial charge in [0.2, 0.25) is 0 Å². The van der Waals surface area contributed by atoms with Gasteiger partial charge in [-0.1, -0.05) is 36.9 Å². The van der Waals surface area contributed by atoms with Crippen molar-refractivity contribution in [3.05, 3.63) is 48.6 Å². The molecule has 0 saturated carbocycles. The number of nitrogens with zero attached hydrogens (tertiary/aromatic N) is 1. The monoisotopic (exact) mass is 276 g/mol. The van der Waals surface area contributed by atoms with E-state index < -0.39 is 17.6 Å². The molecule has 5 heteroatoms. The highest BCUT2D eigenvalue weighted by Gasteiger charge is 2.20. The minimum Gasteiger partial charge on any atom is -0.443 e. The number of nitrogens with one attached hydrogen (secondary N) is 1. The predicted octanol–water partition coefficient (Wildman–Crippen LogP) is 2.64. The fraction of sp³-hybridized carbons (Fsp3) is 0.333. The molecule has 0 heterocycles. The highest BCUT2D eigenvalue weighted by Crippen LogP contribution is 2.08. The molecule has 0 radical (unpaired) electrons. The number of hydrogen-bond donors (Lipinski definition) is 1. The van der Waals surface area contributed by atoms with Crippen LogP contribution in [-0.2, 0) is 16.1 Å².